The molecule has 2 unspecified atom stereocenters. The van der Waals surface area contributed by atoms with E-state index in [2.05, 4.69) is 10.5 Å². The molecule has 0 radical (unpaired) electrons. The largest absolute Gasteiger partial charge is 0.461 e. The molecule has 0 aromatic rings. The fourth-order valence-corrected chi connectivity index (χ4v) is 2.55. The van der Waals surface area contributed by atoms with Crippen molar-refractivity contribution >= 4 is 11.7 Å². The van der Waals surface area contributed by atoms with Crippen LogP contribution in [0.3, 0.4) is 0 Å². The lowest BCUT2D eigenvalue weighted by molar-refractivity contribution is -0.135. The summed E-state index contributed by atoms with van der Waals surface area (Å²) in [7, 11) is 0. The zero-order valence-corrected chi connectivity index (χ0v) is 11.0. The minimum absolute atomic E-state index is 0.0503. The van der Waals surface area contributed by atoms with Crippen molar-refractivity contribution in [1.82, 2.24) is 5.32 Å². The van der Waals surface area contributed by atoms with Crippen molar-refractivity contribution in [3.05, 3.63) is 0 Å². The molecule has 2 rings (SSSR count). The van der Waals surface area contributed by atoms with Crippen molar-refractivity contribution in [3.63, 3.8) is 0 Å². The summed E-state index contributed by atoms with van der Waals surface area (Å²) >= 11 is 0. The van der Waals surface area contributed by atoms with Crippen LogP contribution in [-0.2, 0) is 14.4 Å². The molecule has 1 N–H and O–H groups in total. The van der Waals surface area contributed by atoms with E-state index < -0.39 is 0 Å². The fourth-order valence-electron chi connectivity index (χ4n) is 2.55. The lowest BCUT2D eigenvalue weighted by Crippen LogP contribution is -2.25. The number of ether oxygens (including phenoxy) is 1. The van der Waals surface area contributed by atoms with Crippen LogP contribution in [0, 0.1) is 5.92 Å². The fraction of sp³-hybridized carbons (Fsp3) is 0.846. The first kappa shape index (κ1) is 13.3. The summed E-state index contributed by atoms with van der Waals surface area (Å²) in [5.74, 6) is 0.299. The number of carbonyl (C=O) groups excluding carboxylic acids is 1. The van der Waals surface area contributed by atoms with Crippen LogP contribution in [-0.4, -0.2) is 37.5 Å². The number of carbonyl (C=O) groups is 1. The van der Waals surface area contributed by atoms with Crippen molar-refractivity contribution in [3.8, 4) is 0 Å². The van der Waals surface area contributed by atoms with E-state index in [1.165, 1.54) is 19.3 Å². The Morgan fingerprint density at radius 2 is 2.44 bits per heavy atom. The first-order chi connectivity index (χ1) is 8.79. The first-order valence-corrected chi connectivity index (χ1v) is 6.90. The molecule has 0 aromatic carbocycles. The Labute approximate surface area is 108 Å². The molecule has 2 aliphatic heterocycles. The van der Waals surface area contributed by atoms with Crippen LogP contribution in [0.1, 0.15) is 39.0 Å². The maximum Gasteiger partial charge on any atom is 0.356 e. The Kier molecular flexibility index (Phi) is 4.99. The molecule has 1 fully saturated rings. The Bertz CT molecular complexity index is 309. The van der Waals surface area contributed by atoms with E-state index in [4.69, 9.17) is 9.57 Å². The monoisotopic (exact) mass is 254 g/mol. The number of rotatable bonds is 4. The minimum Gasteiger partial charge on any atom is -0.461 e. The van der Waals surface area contributed by atoms with Gasteiger partial charge in [0.05, 0.1) is 6.61 Å². The standard InChI is InChI=1S/C13H22N2O3/c1-2-17-13(16)12-8-11(18-15-12)7-10-5-3-4-6-14-9-10/h10-11,14H,2-9H2,1H3. The summed E-state index contributed by atoms with van der Waals surface area (Å²) in [4.78, 5) is 16.8. The second-order valence-corrected chi connectivity index (χ2v) is 4.99. The quantitative estimate of drug-likeness (QED) is 0.772. The van der Waals surface area contributed by atoms with Gasteiger partial charge < -0.3 is 14.9 Å². The first-order valence-electron chi connectivity index (χ1n) is 6.90. The molecule has 0 aliphatic carbocycles. The molecule has 102 valence electrons. The summed E-state index contributed by atoms with van der Waals surface area (Å²) in [6.45, 7) is 4.35. The van der Waals surface area contributed by atoms with Gasteiger partial charge in [-0.3, -0.25) is 0 Å². The predicted octanol–water partition coefficient (Wildman–Crippen LogP) is 1.47. The summed E-state index contributed by atoms with van der Waals surface area (Å²) < 4.78 is 4.92. The number of hydrogen-bond donors (Lipinski definition) is 1. The van der Waals surface area contributed by atoms with Gasteiger partial charge in [0, 0.05) is 6.42 Å². The molecule has 0 bridgehead atoms. The number of nitrogens with zero attached hydrogens (tertiary/aromatic N) is 1. The third-order valence-electron chi connectivity index (χ3n) is 3.49. The zero-order valence-electron chi connectivity index (χ0n) is 11.0. The Morgan fingerprint density at radius 1 is 1.56 bits per heavy atom. The van der Waals surface area contributed by atoms with Crippen molar-refractivity contribution in [1.29, 1.82) is 0 Å². The Hall–Kier alpha value is -1.10. The number of esters is 1. The summed E-state index contributed by atoms with van der Waals surface area (Å²) in [6, 6.07) is 0. The van der Waals surface area contributed by atoms with Gasteiger partial charge >= 0.3 is 5.97 Å². The maximum atomic E-state index is 11.5. The van der Waals surface area contributed by atoms with Crippen molar-refractivity contribution in [2.24, 2.45) is 11.1 Å². The number of nitrogens with one attached hydrogen (secondary N) is 1. The highest BCUT2D eigenvalue weighted by Crippen LogP contribution is 2.23. The molecule has 0 saturated carbocycles. The summed E-state index contributed by atoms with van der Waals surface area (Å²) in [5, 5.41) is 7.29. The topological polar surface area (TPSA) is 59.9 Å². The molecule has 2 aliphatic rings. The van der Waals surface area contributed by atoms with E-state index in [0.29, 0.717) is 24.7 Å². The normalized spacial score (nSPS) is 28.2. The van der Waals surface area contributed by atoms with Crippen molar-refractivity contribution < 1.29 is 14.4 Å². The molecule has 0 aromatic heterocycles. The van der Waals surface area contributed by atoms with Gasteiger partial charge in [-0.25, -0.2) is 4.79 Å². The lowest BCUT2D eigenvalue weighted by atomic mass is 9.94. The van der Waals surface area contributed by atoms with Gasteiger partial charge in [0.1, 0.15) is 6.10 Å². The zero-order chi connectivity index (χ0) is 12.8. The number of oxime groups is 1. The highest BCUT2D eigenvalue weighted by molar-refractivity contribution is 6.36. The molecule has 0 amide bonds. The Balaban J connectivity index is 1.75. The second-order valence-electron chi connectivity index (χ2n) is 4.99. The third kappa shape index (κ3) is 3.70. The summed E-state index contributed by atoms with van der Waals surface area (Å²) in [6.07, 6.45) is 5.38. The minimum atomic E-state index is -0.334. The smallest absolute Gasteiger partial charge is 0.356 e. The van der Waals surface area contributed by atoms with Gasteiger partial charge in [-0.1, -0.05) is 11.6 Å². The van der Waals surface area contributed by atoms with E-state index in [-0.39, 0.29) is 12.1 Å². The van der Waals surface area contributed by atoms with E-state index in [9.17, 15) is 4.79 Å². The van der Waals surface area contributed by atoms with E-state index in [1.54, 1.807) is 6.92 Å². The number of hydrogen-bond acceptors (Lipinski definition) is 5. The molecule has 2 heterocycles. The van der Waals surface area contributed by atoms with Gasteiger partial charge in [-0.2, -0.15) is 0 Å². The molecule has 5 nitrogen and oxygen atoms in total. The van der Waals surface area contributed by atoms with Crippen LogP contribution in [0.4, 0.5) is 0 Å². The van der Waals surface area contributed by atoms with Crippen LogP contribution in [0.25, 0.3) is 0 Å². The second kappa shape index (κ2) is 6.73. The van der Waals surface area contributed by atoms with Gasteiger partial charge in [0.2, 0.25) is 0 Å². The molecular formula is C13H22N2O3. The lowest BCUT2D eigenvalue weighted by Gasteiger charge is -2.17. The van der Waals surface area contributed by atoms with Crippen LogP contribution in [0.2, 0.25) is 0 Å². The third-order valence-corrected chi connectivity index (χ3v) is 3.49. The molecule has 1 saturated heterocycles. The SMILES string of the molecule is CCOC(=O)C1=NOC(CC2CCCCNC2)C1. The van der Waals surface area contributed by atoms with Gasteiger partial charge in [-0.15, -0.1) is 0 Å². The van der Waals surface area contributed by atoms with E-state index >= 15 is 0 Å². The van der Waals surface area contributed by atoms with Gasteiger partial charge in [0.25, 0.3) is 0 Å². The molecule has 0 spiro atoms. The van der Waals surface area contributed by atoms with Crippen LogP contribution in [0.5, 0.6) is 0 Å². The Morgan fingerprint density at radius 3 is 3.28 bits per heavy atom. The highest BCUT2D eigenvalue weighted by Gasteiger charge is 2.29. The average Bonchev–Trinajstić information content (AvgIpc) is 2.67. The van der Waals surface area contributed by atoms with Crippen LogP contribution < -0.4 is 5.32 Å². The van der Waals surface area contributed by atoms with Crippen LogP contribution >= 0.6 is 0 Å². The van der Waals surface area contributed by atoms with Crippen molar-refractivity contribution in [2.45, 2.75) is 45.1 Å². The maximum absolute atomic E-state index is 11.5. The molecule has 2 atom stereocenters. The van der Waals surface area contributed by atoms with Gasteiger partial charge in [0.15, 0.2) is 5.71 Å². The highest BCUT2D eigenvalue weighted by atomic mass is 16.6. The molecule has 5 heteroatoms. The van der Waals surface area contributed by atoms with Crippen LogP contribution in [0.15, 0.2) is 5.16 Å². The predicted molar refractivity (Wildman–Crippen MR) is 68.4 cm³/mol. The van der Waals surface area contributed by atoms with E-state index in [0.717, 1.165) is 19.5 Å². The van der Waals surface area contributed by atoms with Gasteiger partial charge in [-0.05, 0) is 45.2 Å². The molecule has 18 heavy (non-hydrogen) atoms. The van der Waals surface area contributed by atoms with Crippen molar-refractivity contribution in [2.75, 3.05) is 19.7 Å². The average molecular weight is 254 g/mol. The molecular weight excluding hydrogens is 232 g/mol. The summed E-state index contributed by atoms with van der Waals surface area (Å²) in [5.41, 5.74) is 0.434. The van der Waals surface area contributed by atoms with E-state index in [1.807, 2.05) is 0 Å².